The fraction of sp³-hybridized carbons (Fsp3) is 0.562. The van der Waals surface area contributed by atoms with Crippen LogP contribution in [0.4, 0.5) is 0 Å². The van der Waals surface area contributed by atoms with E-state index in [-0.39, 0.29) is 0 Å². The largest absolute Gasteiger partial charge is 0.481 e. The van der Waals surface area contributed by atoms with Gasteiger partial charge in [-0.1, -0.05) is 30.3 Å². The van der Waals surface area contributed by atoms with Gasteiger partial charge in [-0.15, -0.1) is 0 Å². The van der Waals surface area contributed by atoms with Gasteiger partial charge in [0.2, 0.25) is 0 Å². The van der Waals surface area contributed by atoms with Crippen LogP contribution in [0.1, 0.15) is 12.0 Å². The summed E-state index contributed by atoms with van der Waals surface area (Å²) in [5.74, 6) is 0.647. The lowest BCUT2D eigenvalue weighted by atomic mass is 9.73. The van der Waals surface area contributed by atoms with E-state index in [4.69, 9.17) is 5.11 Å². The lowest BCUT2D eigenvalue weighted by Crippen LogP contribution is -2.56. The second kappa shape index (κ2) is 5.94. The molecule has 2 aliphatic heterocycles. The minimum absolute atomic E-state index is 0.330. The third-order valence-corrected chi connectivity index (χ3v) is 4.67. The molecule has 0 saturated carbocycles. The molecule has 2 fully saturated rings. The molecule has 4 nitrogen and oxygen atoms in total. The van der Waals surface area contributed by atoms with Gasteiger partial charge in [-0.05, 0) is 36.4 Å². The van der Waals surface area contributed by atoms with Gasteiger partial charge in [0.1, 0.15) is 0 Å². The lowest BCUT2D eigenvalue weighted by molar-refractivity contribution is -0.140. The summed E-state index contributed by atoms with van der Waals surface area (Å²) >= 11 is 0. The molecule has 20 heavy (non-hydrogen) atoms. The standard InChI is InChI=1S/C16H22N2O2/c19-16(20)6-15-13-7-17-8-14(15)11-18(10-13)9-12-4-2-1-3-5-12/h1-5,13-15,17H,6-11H2,(H,19,20). The predicted molar refractivity (Wildman–Crippen MR) is 77.3 cm³/mol. The second-order valence-electron chi connectivity index (χ2n) is 6.12. The van der Waals surface area contributed by atoms with Gasteiger partial charge in [-0.2, -0.15) is 0 Å². The number of rotatable bonds is 4. The van der Waals surface area contributed by atoms with Crippen molar-refractivity contribution in [3.05, 3.63) is 35.9 Å². The summed E-state index contributed by atoms with van der Waals surface area (Å²) < 4.78 is 0. The topological polar surface area (TPSA) is 52.6 Å². The van der Waals surface area contributed by atoms with Crippen LogP contribution in [-0.2, 0) is 11.3 Å². The average Bonchev–Trinajstić information content (AvgIpc) is 2.40. The van der Waals surface area contributed by atoms with E-state index in [0.29, 0.717) is 24.2 Å². The Balaban J connectivity index is 1.66. The van der Waals surface area contributed by atoms with Gasteiger partial charge in [0.15, 0.2) is 0 Å². The fourth-order valence-corrected chi connectivity index (χ4v) is 3.79. The zero-order chi connectivity index (χ0) is 13.9. The van der Waals surface area contributed by atoms with Crippen LogP contribution < -0.4 is 5.32 Å². The first-order chi connectivity index (χ1) is 9.72. The average molecular weight is 274 g/mol. The molecule has 2 unspecified atom stereocenters. The Morgan fingerprint density at radius 3 is 2.45 bits per heavy atom. The highest BCUT2D eigenvalue weighted by molar-refractivity contribution is 5.67. The summed E-state index contributed by atoms with van der Waals surface area (Å²) in [5.41, 5.74) is 1.34. The van der Waals surface area contributed by atoms with Gasteiger partial charge in [0, 0.05) is 26.1 Å². The van der Waals surface area contributed by atoms with Crippen molar-refractivity contribution in [2.24, 2.45) is 17.8 Å². The Bertz CT molecular complexity index is 449. The summed E-state index contributed by atoms with van der Waals surface area (Å²) in [6, 6.07) is 10.5. The number of piperidine rings is 2. The van der Waals surface area contributed by atoms with E-state index in [2.05, 4.69) is 34.5 Å². The number of fused-ring (bicyclic) bond motifs is 2. The van der Waals surface area contributed by atoms with Gasteiger partial charge in [-0.25, -0.2) is 0 Å². The molecule has 1 aromatic rings. The van der Waals surface area contributed by atoms with Crippen molar-refractivity contribution < 1.29 is 9.90 Å². The van der Waals surface area contributed by atoms with Crippen LogP contribution in [0.25, 0.3) is 0 Å². The van der Waals surface area contributed by atoms with Crippen LogP contribution in [0.3, 0.4) is 0 Å². The maximum Gasteiger partial charge on any atom is 0.303 e. The molecule has 0 aromatic heterocycles. The normalized spacial score (nSPS) is 30.1. The fourth-order valence-electron chi connectivity index (χ4n) is 3.79. The third kappa shape index (κ3) is 3.02. The molecular weight excluding hydrogens is 252 g/mol. The molecule has 0 spiro atoms. The molecular formula is C16H22N2O2. The van der Waals surface area contributed by atoms with E-state index in [1.165, 1.54) is 5.56 Å². The van der Waals surface area contributed by atoms with Gasteiger partial charge < -0.3 is 10.4 Å². The van der Waals surface area contributed by atoms with Gasteiger partial charge >= 0.3 is 5.97 Å². The molecule has 0 amide bonds. The molecule has 2 atom stereocenters. The zero-order valence-corrected chi connectivity index (χ0v) is 11.7. The number of nitrogens with one attached hydrogen (secondary N) is 1. The van der Waals surface area contributed by atoms with Gasteiger partial charge in [0.25, 0.3) is 0 Å². The number of nitrogens with zero attached hydrogens (tertiary/aromatic N) is 1. The van der Waals surface area contributed by atoms with Crippen molar-refractivity contribution in [1.82, 2.24) is 10.2 Å². The summed E-state index contributed by atoms with van der Waals surface area (Å²) in [7, 11) is 0. The van der Waals surface area contributed by atoms with E-state index in [0.717, 1.165) is 32.7 Å². The highest BCUT2D eigenvalue weighted by Gasteiger charge is 2.40. The van der Waals surface area contributed by atoms with Gasteiger partial charge in [-0.3, -0.25) is 9.69 Å². The van der Waals surface area contributed by atoms with Crippen molar-refractivity contribution in [2.45, 2.75) is 13.0 Å². The van der Waals surface area contributed by atoms with Crippen LogP contribution in [0.2, 0.25) is 0 Å². The number of carbonyl (C=O) groups is 1. The first kappa shape index (κ1) is 13.6. The highest BCUT2D eigenvalue weighted by atomic mass is 16.4. The molecule has 108 valence electrons. The first-order valence-electron chi connectivity index (χ1n) is 7.41. The van der Waals surface area contributed by atoms with Gasteiger partial charge in [0.05, 0.1) is 0 Å². The van der Waals surface area contributed by atoms with Crippen LogP contribution >= 0.6 is 0 Å². The Hall–Kier alpha value is -1.39. The minimum Gasteiger partial charge on any atom is -0.481 e. The maximum absolute atomic E-state index is 11.0. The molecule has 4 heteroatoms. The van der Waals surface area contributed by atoms with Crippen LogP contribution in [0.15, 0.2) is 30.3 Å². The van der Waals surface area contributed by atoms with Crippen molar-refractivity contribution in [3.63, 3.8) is 0 Å². The molecule has 3 rings (SSSR count). The number of likely N-dealkylation sites (tertiary alicyclic amines) is 1. The van der Waals surface area contributed by atoms with Crippen LogP contribution in [-0.4, -0.2) is 42.2 Å². The molecule has 2 saturated heterocycles. The van der Waals surface area contributed by atoms with Crippen LogP contribution in [0, 0.1) is 17.8 Å². The zero-order valence-electron chi connectivity index (χ0n) is 11.7. The van der Waals surface area contributed by atoms with E-state index in [1.54, 1.807) is 0 Å². The van der Waals surface area contributed by atoms with E-state index < -0.39 is 5.97 Å². The predicted octanol–water partition coefficient (Wildman–Crippen LogP) is 1.43. The second-order valence-corrected chi connectivity index (χ2v) is 6.12. The number of aliphatic carboxylic acids is 1. The summed E-state index contributed by atoms with van der Waals surface area (Å²) in [4.78, 5) is 13.5. The quantitative estimate of drug-likeness (QED) is 0.872. The minimum atomic E-state index is -0.650. The Kier molecular flexibility index (Phi) is 4.03. The van der Waals surface area contributed by atoms with E-state index in [1.807, 2.05) is 6.07 Å². The summed E-state index contributed by atoms with van der Waals surface area (Å²) in [5, 5.41) is 12.5. The Morgan fingerprint density at radius 1 is 1.20 bits per heavy atom. The molecule has 0 radical (unpaired) electrons. The Labute approximate surface area is 119 Å². The summed E-state index contributed by atoms with van der Waals surface area (Å²) in [6.45, 7) is 4.92. The van der Waals surface area contributed by atoms with Crippen molar-refractivity contribution in [1.29, 1.82) is 0 Å². The maximum atomic E-state index is 11.0. The van der Waals surface area contributed by atoms with Crippen LogP contribution in [0.5, 0.6) is 0 Å². The molecule has 2 aliphatic rings. The molecule has 2 heterocycles. The van der Waals surface area contributed by atoms with Crippen molar-refractivity contribution in [3.8, 4) is 0 Å². The number of carboxylic acids is 1. The number of hydrogen-bond donors (Lipinski definition) is 2. The molecule has 2 N–H and O–H groups in total. The first-order valence-corrected chi connectivity index (χ1v) is 7.41. The smallest absolute Gasteiger partial charge is 0.303 e. The van der Waals surface area contributed by atoms with Crippen molar-refractivity contribution in [2.75, 3.05) is 26.2 Å². The molecule has 2 bridgehead atoms. The molecule has 1 aromatic carbocycles. The number of hydrogen-bond acceptors (Lipinski definition) is 3. The monoisotopic (exact) mass is 274 g/mol. The summed E-state index contributed by atoms with van der Waals surface area (Å²) in [6.07, 6.45) is 0.330. The Morgan fingerprint density at radius 2 is 1.85 bits per heavy atom. The number of carboxylic acid groups (broad SMARTS) is 1. The number of benzene rings is 1. The van der Waals surface area contributed by atoms with E-state index in [9.17, 15) is 4.79 Å². The lowest BCUT2D eigenvalue weighted by Gasteiger charge is -2.47. The SMILES string of the molecule is O=C(O)CC1C2CNCC1CN(Cc1ccccc1)C2. The van der Waals surface area contributed by atoms with Crippen molar-refractivity contribution >= 4 is 5.97 Å². The molecule has 0 aliphatic carbocycles. The highest BCUT2D eigenvalue weighted by Crippen LogP contribution is 2.34. The third-order valence-electron chi connectivity index (χ3n) is 4.67. The van der Waals surface area contributed by atoms with E-state index >= 15 is 0 Å².